The van der Waals surface area contributed by atoms with Gasteiger partial charge in [-0.15, -0.1) is 0 Å². The molecule has 0 unspecified atom stereocenters. The molecule has 7 nitrogen and oxygen atoms in total. The molecule has 0 spiro atoms. The van der Waals surface area contributed by atoms with E-state index in [4.69, 9.17) is 16.1 Å². The summed E-state index contributed by atoms with van der Waals surface area (Å²) in [6.45, 7) is -3.70. The van der Waals surface area contributed by atoms with Crippen LogP contribution in [-0.4, -0.2) is 57.1 Å². The second-order valence-electron chi connectivity index (χ2n) is 8.70. The van der Waals surface area contributed by atoms with E-state index in [0.29, 0.717) is 22.8 Å². The highest BCUT2D eigenvalue weighted by atomic mass is 32.2. The molecule has 2 rings (SSSR count). The van der Waals surface area contributed by atoms with Crippen molar-refractivity contribution in [1.29, 1.82) is 10.5 Å². The average molecular weight is 680 g/mol. The van der Waals surface area contributed by atoms with E-state index in [-0.39, 0.29) is 24.5 Å². The molecule has 0 atom stereocenters. The molecule has 0 fully saturated rings. The van der Waals surface area contributed by atoms with Crippen molar-refractivity contribution in [2.75, 3.05) is 54.5 Å². The Balaban J connectivity index is 0.000000450. The maximum atomic E-state index is 12.9. The maximum Gasteiger partial charge on any atom is 0.417 e. The van der Waals surface area contributed by atoms with Gasteiger partial charge in [-0.2, -0.15) is 75.0 Å². The van der Waals surface area contributed by atoms with Crippen LogP contribution in [0.25, 0.3) is 10.4 Å². The molecule has 0 aliphatic carbocycles. The Morgan fingerprint density at radius 2 is 1.13 bits per heavy atom. The fourth-order valence-electron chi connectivity index (χ4n) is 3.57. The molecule has 2 aromatic rings. The third kappa shape index (κ3) is 13.6. The van der Waals surface area contributed by atoms with Crippen molar-refractivity contribution in [2.45, 2.75) is 24.7 Å². The van der Waals surface area contributed by atoms with Crippen molar-refractivity contribution >= 4 is 23.1 Å². The molecule has 246 valence electrons. The summed E-state index contributed by atoms with van der Waals surface area (Å²) >= 11 is 1.28. The van der Waals surface area contributed by atoms with Gasteiger partial charge >= 0.3 is 24.7 Å². The van der Waals surface area contributed by atoms with Gasteiger partial charge in [0.05, 0.1) is 34.4 Å². The summed E-state index contributed by atoms with van der Waals surface area (Å²) in [4.78, 5) is 3.80. The number of anilines is 2. The van der Waals surface area contributed by atoms with Gasteiger partial charge in [-0.1, -0.05) is 5.11 Å². The Labute approximate surface area is 252 Å². The summed E-state index contributed by atoms with van der Waals surface area (Å²) < 4.78 is 153. The van der Waals surface area contributed by atoms with Crippen molar-refractivity contribution in [3.8, 4) is 12.1 Å². The quantitative estimate of drug-likeness (QED) is 0.108. The van der Waals surface area contributed by atoms with Gasteiger partial charge in [0.25, 0.3) is 0 Å². The summed E-state index contributed by atoms with van der Waals surface area (Å²) in [6.07, 6.45) is -17.2. The van der Waals surface area contributed by atoms with Crippen LogP contribution in [-0.2, 0) is 12.4 Å². The Kier molecular flexibility index (Phi) is 14.0. The zero-order valence-corrected chi connectivity index (χ0v) is 23.6. The summed E-state index contributed by atoms with van der Waals surface area (Å²) in [5.41, 5.74) is 3.68. The molecule has 0 N–H and O–H groups in total. The highest BCUT2D eigenvalue weighted by Gasteiger charge is 2.37. The molecule has 0 amide bonds. The predicted molar refractivity (Wildman–Crippen MR) is 141 cm³/mol. The molecule has 0 aliphatic rings. The second kappa shape index (κ2) is 16.2. The standard InChI is InChI=1S/C13H12F6N2S.C12H9F6N5/c1-22-5-4-21(8-12(14,15)16)10-3-2-9(7-20)11(6-10)13(17,18)19;13-11(14,15)7-23(4-3-21-22-20)9-2-1-8(6-19)10(5-9)12(16,17)18/h2-3,6H,4-5,8H2,1H3;1-2,5H,3-4,7H2. The second-order valence-corrected chi connectivity index (χ2v) is 9.69. The number of nitriles is 2. The molecule has 0 aliphatic heterocycles. The summed E-state index contributed by atoms with van der Waals surface area (Å²) in [5.74, 6) is 0.331. The number of hydrogen-bond donors (Lipinski definition) is 0. The third-order valence-corrected chi connectivity index (χ3v) is 6.02. The molecule has 0 bridgehead atoms. The first-order valence-corrected chi connectivity index (χ1v) is 13.4. The van der Waals surface area contributed by atoms with Crippen LogP contribution in [0.3, 0.4) is 0 Å². The van der Waals surface area contributed by atoms with E-state index < -0.39 is 66.6 Å². The SMILES string of the molecule is CSCCN(CC(F)(F)F)c1ccc(C#N)c(C(F)(F)F)c1.N#Cc1ccc(N(CCN=[N+]=[N-])CC(F)(F)F)cc1C(F)(F)F. The minimum Gasteiger partial charge on any atom is -0.362 e. The van der Waals surface area contributed by atoms with Gasteiger partial charge in [0.1, 0.15) is 13.1 Å². The lowest BCUT2D eigenvalue weighted by Gasteiger charge is -2.26. The van der Waals surface area contributed by atoms with Gasteiger partial charge in [-0.3, -0.25) is 0 Å². The molecule has 0 saturated carbocycles. The number of nitrogens with zero attached hydrogens (tertiary/aromatic N) is 7. The Morgan fingerprint density at radius 3 is 1.44 bits per heavy atom. The first kappa shape index (κ1) is 38.9. The summed E-state index contributed by atoms with van der Waals surface area (Å²) in [6, 6.07) is 7.57. The monoisotopic (exact) mass is 679 g/mol. The molecule has 0 aromatic heterocycles. The first-order chi connectivity index (χ1) is 20.7. The highest BCUT2D eigenvalue weighted by Crippen LogP contribution is 2.36. The minimum absolute atomic E-state index is 0.0517. The number of benzene rings is 2. The van der Waals surface area contributed by atoms with Gasteiger partial charge in [0.2, 0.25) is 0 Å². The first-order valence-electron chi connectivity index (χ1n) is 12.0. The molecule has 45 heavy (non-hydrogen) atoms. The molecular weight excluding hydrogens is 658 g/mol. The molecule has 20 heteroatoms. The Hall–Kier alpha value is -4.16. The van der Waals surface area contributed by atoms with Crippen LogP contribution in [0.1, 0.15) is 22.3 Å². The third-order valence-electron chi connectivity index (χ3n) is 5.43. The summed E-state index contributed by atoms with van der Waals surface area (Å²) in [5, 5.41) is 20.4. The van der Waals surface area contributed by atoms with Crippen LogP contribution < -0.4 is 9.80 Å². The molecule has 0 heterocycles. The lowest BCUT2D eigenvalue weighted by molar-refractivity contribution is -0.138. The number of hydrogen-bond acceptors (Lipinski definition) is 6. The Morgan fingerprint density at radius 1 is 0.733 bits per heavy atom. The van der Waals surface area contributed by atoms with Gasteiger partial charge < -0.3 is 9.80 Å². The van der Waals surface area contributed by atoms with Gasteiger partial charge in [-0.25, -0.2) is 0 Å². The lowest BCUT2D eigenvalue weighted by atomic mass is 10.1. The lowest BCUT2D eigenvalue weighted by Crippen LogP contribution is -2.36. The fraction of sp³-hybridized carbons (Fsp3) is 0.440. The summed E-state index contributed by atoms with van der Waals surface area (Å²) in [7, 11) is 0. The van der Waals surface area contributed by atoms with Crippen LogP contribution in [0.2, 0.25) is 0 Å². The van der Waals surface area contributed by atoms with Crippen LogP contribution in [0.5, 0.6) is 0 Å². The Bertz CT molecular complexity index is 1400. The highest BCUT2D eigenvalue weighted by molar-refractivity contribution is 7.98. The van der Waals surface area contributed by atoms with Gasteiger partial charge in [-0.05, 0) is 48.2 Å². The van der Waals surface area contributed by atoms with E-state index in [2.05, 4.69) is 10.0 Å². The zero-order chi connectivity index (χ0) is 34.6. The van der Waals surface area contributed by atoms with E-state index in [1.165, 1.54) is 23.9 Å². The molecule has 0 radical (unpaired) electrons. The van der Waals surface area contributed by atoms with Gasteiger partial charge in [0, 0.05) is 41.7 Å². The van der Waals surface area contributed by atoms with E-state index >= 15 is 0 Å². The molecular formula is C25H21F12N7S. The van der Waals surface area contributed by atoms with E-state index in [9.17, 15) is 52.7 Å². The smallest absolute Gasteiger partial charge is 0.362 e. The topological polar surface area (TPSA) is 103 Å². The average Bonchev–Trinajstić information content (AvgIpc) is 2.92. The van der Waals surface area contributed by atoms with Crippen molar-refractivity contribution < 1.29 is 52.7 Å². The largest absolute Gasteiger partial charge is 0.417 e. The van der Waals surface area contributed by atoms with Crippen LogP contribution in [0, 0.1) is 22.7 Å². The normalized spacial score (nSPS) is 11.8. The molecule has 0 saturated heterocycles. The van der Waals surface area contributed by atoms with Crippen LogP contribution >= 0.6 is 11.8 Å². The maximum absolute atomic E-state index is 12.9. The van der Waals surface area contributed by atoms with E-state index in [0.717, 1.165) is 29.2 Å². The zero-order valence-electron chi connectivity index (χ0n) is 22.8. The number of halogens is 12. The van der Waals surface area contributed by atoms with Gasteiger partial charge in [0.15, 0.2) is 0 Å². The number of thioether (sulfide) groups is 1. The van der Waals surface area contributed by atoms with E-state index in [1.54, 1.807) is 6.26 Å². The predicted octanol–water partition coefficient (Wildman–Crippen LogP) is 8.56. The van der Waals surface area contributed by atoms with E-state index in [1.807, 2.05) is 0 Å². The van der Waals surface area contributed by atoms with Crippen molar-refractivity contribution in [1.82, 2.24) is 0 Å². The van der Waals surface area contributed by atoms with Crippen molar-refractivity contribution in [3.05, 3.63) is 69.1 Å². The minimum atomic E-state index is -4.88. The number of alkyl halides is 12. The number of azide groups is 1. The van der Waals surface area contributed by atoms with Crippen LogP contribution in [0.4, 0.5) is 64.1 Å². The number of rotatable bonds is 10. The molecule has 2 aromatic carbocycles. The fourth-order valence-corrected chi connectivity index (χ4v) is 3.97. The van der Waals surface area contributed by atoms with Crippen LogP contribution in [0.15, 0.2) is 41.5 Å². The van der Waals surface area contributed by atoms with Crippen molar-refractivity contribution in [2.24, 2.45) is 5.11 Å². The van der Waals surface area contributed by atoms with Crippen molar-refractivity contribution in [3.63, 3.8) is 0 Å².